The number of anilines is 1. The van der Waals surface area contributed by atoms with Crippen LogP contribution in [0, 0.1) is 24.0 Å². The second-order valence-electron chi connectivity index (χ2n) is 5.41. The topological polar surface area (TPSA) is 94.2 Å². The third kappa shape index (κ3) is 4.24. The zero-order valence-corrected chi connectivity index (χ0v) is 15.4. The van der Waals surface area contributed by atoms with Crippen LogP contribution in [0.4, 0.5) is 11.4 Å². The molecular weight excluding hydrogens is 342 g/mol. The van der Waals surface area contributed by atoms with Crippen molar-refractivity contribution >= 4 is 28.7 Å². The molecule has 0 bridgehead atoms. The number of methoxy groups -OCH3 is 1. The van der Waals surface area contributed by atoms with Crippen molar-refractivity contribution in [1.82, 2.24) is 15.1 Å². The van der Waals surface area contributed by atoms with E-state index in [1.165, 1.54) is 19.2 Å². The summed E-state index contributed by atoms with van der Waals surface area (Å²) < 4.78 is 7.13. The van der Waals surface area contributed by atoms with E-state index in [1.54, 1.807) is 6.07 Å². The Hall–Kier alpha value is -2.68. The second kappa shape index (κ2) is 7.93. The van der Waals surface area contributed by atoms with Gasteiger partial charge in [0.15, 0.2) is 5.11 Å². The third-order valence-corrected chi connectivity index (χ3v) is 4.15. The normalized spacial score (nSPS) is 10.4. The maximum absolute atomic E-state index is 10.8. The van der Waals surface area contributed by atoms with Gasteiger partial charge in [-0.2, -0.15) is 5.10 Å². The van der Waals surface area contributed by atoms with E-state index in [9.17, 15) is 10.1 Å². The maximum Gasteiger partial charge on any atom is 0.273 e. The van der Waals surface area contributed by atoms with E-state index in [2.05, 4.69) is 15.7 Å². The highest BCUT2D eigenvalue weighted by Gasteiger charge is 2.13. The van der Waals surface area contributed by atoms with Crippen molar-refractivity contribution in [2.75, 3.05) is 12.4 Å². The van der Waals surface area contributed by atoms with Gasteiger partial charge in [0.05, 0.1) is 29.5 Å². The van der Waals surface area contributed by atoms with Gasteiger partial charge in [-0.3, -0.25) is 14.8 Å². The van der Waals surface area contributed by atoms with Crippen molar-refractivity contribution in [2.45, 2.75) is 33.9 Å². The molecule has 0 amide bonds. The minimum absolute atomic E-state index is 0.0421. The molecule has 9 heteroatoms. The lowest BCUT2D eigenvalue weighted by Gasteiger charge is -2.13. The number of rotatable bonds is 6. The van der Waals surface area contributed by atoms with Crippen molar-refractivity contribution < 1.29 is 9.66 Å². The van der Waals surface area contributed by atoms with E-state index in [0.717, 1.165) is 23.5 Å². The number of ether oxygens (including phenoxy) is 1. The van der Waals surface area contributed by atoms with Crippen LogP contribution in [0.3, 0.4) is 0 Å². The Kier molecular flexibility index (Phi) is 5.92. The largest absolute Gasteiger partial charge is 0.494 e. The number of thiocarbonyl (C=S) groups is 1. The average Bonchev–Trinajstić information content (AvgIpc) is 2.86. The highest BCUT2D eigenvalue weighted by atomic mass is 32.1. The standard InChI is InChI=1S/C16H21N5O3S/c1-5-20-11(3)13(10(2)19-20)9-17-16(25)18-14-7-6-12(21(22)23)8-15(14)24-4/h6-8H,5,9H2,1-4H3,(H2,17,18,25). The molecule has 2 rings (SSSR count). The monoisotopic (exact) mass is 363 g/mol. The number of aryl methyl sites for hydroxylation is 2. The summed E-state index contributed by atoms with van der Waals surface area (Å²) in [7, 11) is 1.45. The number of nitrogens with zero attached hydrogens (tertiary/aromatic N) is 3. The smallest absolute Gasteiger partial charge is 0.273 e. The van der Waals surface area contributed by atoms with Crippen molar-refractivity contribution in [3.05, 3.63) is 45.3 Å². The Morgan fingerprint density at radius 2 is 2.16 bits per heavy atom. The molecule has 8 nitrogen and oxygen atoms in total. The zero-order chi connectivity index (χ0) is 18.6. The molecule has 0 saturated carbocycles. The zero-order valence-electron chi connectivity index (χ0n) is 14.6. The van der Waals surface area contributed by atoms with Crippen LogP contribution in [-0.2, 0) is 13.1 Å². The highest BCUT2D eigenvalue weighted by Crippen LogP contribution is 2.28. The SMILES string of the molecule is CCn1nc(C)c(CNC(=S)Nc2ccc([N+](=O)[O-])cc2OC)c1C. The van der Waals surface area contributed by atoms with E-state index in [4.69, 9.17) is 17.0 Å². The van der Waals surface area contributed by atoms with Gasteiger partial charge in [-0.15, -0.1) is 0 Å². The van der Waals surface area contributed by atoms with Crippen molar-refractivity contribution in [1.29, 1.82) is 0 Å². The first-order chi connectivity index (χ1) is 11.9. The summed E-state index contributed by atoms with van der Waals surface area (Å²) >= 11 is 5.31. The van der Waals surface area contributed by atoms with Crippen LogP contribution in [0.5, 0.6) is 5.75 Å². The first-order valence-corrected chi connectivity index (χ1v) is 8.18. The molecule has 1 aromatic heterocycles. The molecule has 2 aromatic rings. The Balaban J connectivity index is 2.06. The third-order valence-electron chi connectivity index (χ3n) is 3.90. The first kappa shape index (κ1) is 18.7. The lowest BCUT2D eigenvalue weighted by atomic mass is 10.2. The summed E-state index contributed by atoms with van der Waals surface area (Å²) in [5.41, 5.74) is 3.68. The van der Waals surface area contributed by atoms with Crippen molar-refractivity contribution in [3.8, 4) is 5.75 Å². The lowest BCUT2D eigenvalue weighted by Crippen LogP contribution is -2.28. The van der Waals surface area contributed by atoms with Gasteiger partial charge < -0.3 is 15.4 Å². The molecule has 0 aliphatic carbocycles. The molecule has 0 aliphatic rings. The molecule has 134 valence electrons. The predicted molar refractivity (Wildman–Crippen MR) is 100 cm³/mol. The number of hydrogen-bond donors (Lipinski definition) is 2. The average molecular weight is 363 g/mol. The van der Waals surface area contributed by atoms with Gasteiger partial charge in [-0.05, 0) is 39.1 Å². The van der Waals surface area contributed by atoms with Crippen molar-refractivity contribution in [3.63, 3.8) is 0 Å². The molecule has 0 saturated heterocycles. The van der Waals surface area contributed by atoms with Crippen LogP contribution in [0.2, 0.25) is 0 Å². The van der Waals surface area contributed by atoms with Crippen LogP contribution < -0.4 is 15.4 Å². The molecule has 2 N–H and O–H groups in total. The maximum atomic E-state index is 10.8. The first-order valence-electron chi connectivity index (χ1n) is 7.77. The fourth-order valence-corrected chi connectivity index (χ4v) is 2.71. The van der Waals surface area contributed by atoms with Crippen LogP contribution in [0.15, 0.2) is 18.2 Å². The Morgan fingerprint density at radius 1 is 1.44 bits per heavy atom. The van der Waals surface area contributed by atoms with E-state index in [1.807, 2.05) is 25.5 Å². The van der Waals surface area contributed by atoms with Gasteiger partial charge in [0, 0.05) is 30.4 Å². The number of non-ortho nitro benzene ring substituents is 1. The van der Waals surface area contributed by atoms with Gasteiger partial charge in [-0.25, -0.2) is 0 Å². The number of aromatic nitrogens is 2. The fraction of sp³-hybridized carbons (Fsp3) is 0.375. The molecule has 0 radical (unpaired) electrons. The molecular formula is C16H21N5O3S. The minimum Gasteiger partial charge on any atom is -0.494 e. The van der Waals surface area contributed by atoms with Gasteiger partial charge in [-0.1, -0.05) is 0 Å². The number of nitro groups is 1. The number of benzene rings is 1. The molecule has 25 heavy (non-hydrogen) atoms. The second-order valence-corrected chi connectivity index (χ2v) is 5.82. The minimum atomic E-state index is -0.472. The van der Waals surface area contributed by atoms with Crippen molar-refractivity contribution in [2.24, 2.45) is 0 Å². The van der Waals surface area contributed by atoms with Gasteiger partial charge >= 0.3 is 0 Å². The molecule has 1 heterocycles. The van der Waals surface area contributed by atoms with E-state index in [-0.39, 0.29) is 5.69 Å². The quantitative estimate of drug-likeness (QED) is 0.463. The fourth-order valence-electron chi connectivity index (χ4n) is 2.53. The molecule has 0 atom stereocenters. The van der Waals surface area contributed by atoms with Crippen LogP contribution in [0.25, 0.3) is 0 Å². The molecule has 0 fully saturated rings. The molecule has 0 aliphatic heterocycles. The van der Waals surface area contributed by atoms with E-state index >= 15 is 0 Å². The Labute approximate surface area is 151 Å². The van der Waals surface area contributed by atoms with E-state index < -0.39 is 4.92 Å². The predicted octanol–water partition coefficient (Wildman–Crippen LogP) is 2.92. The molecule has 0 unspecified atom stereocenters. The number of nitro benzene ring substituents is 1. The summed E-state index contributed by atoms with van der Waals surface area (Å²) in [6.45, 7) is 7.39. The summed E-state index contributed by atoms with van der Waals surface area (Å²) in [5, 5.41) is 21.8. The van der Waals surface area contributed by atoms with Crippen LogP contribution in [-0.4, -0.2) is 26.9 Å². The Bertz CT molecular complexity index is 803. The van der Waals surface area contributed by atoms with Crippen LogP contribution >= 0.6 is 12.2 Å². The van der Waals surface area contributed by atoms with Gasteiger partial charge in [0.2, 0.25) is 0 Å². The summed E-state index contributed by atoms with van der Waals surface area (Å²) in [4.78, 5) is 10.4. The summed E-state index contributed by atoms with van der Waals surface area (Å²) in [5.74, 6) is 0.351. The summed E-state index contributed by atoms with van der Waals surface area (Å²) in [6.07, 6.45) is 0. The van der Waals surface area contributed by atoms with Gasteiger partial charge in [0.1, 0.15) is 5.75 Å². The number of nitrogens with one attached hydrogen (secondary N) is 2. The van der Waals surface area contributed by atoms with Crippen LogP contribution in [0.1, 0.15) is 23.9 Å². The highest BCUT2D eigenvalue weighted by molar-refractivity contribution is 7.80. The number of hydrogen-bond acceptors (Lipinski definition) is 5. The Morgan fingerprint density at radius 3 is 2.72 bits per heavy atom. The molecule has 1 aromatic carbocycles. The molecule has 0 spiro atoms. The lowest BCUT2D eigenvalue weighted by molar-refractivity contribution is -0.384. The van der Waals surface area contributed by atoms with Gasteiger partial charge in [0.25, 0.3) is 5.69 Å². The van der Waals surface area contributed by atoms with E-state index in [0.29, 0.717) is 23.1 Å². The summed E-state index contributed by atoms with van der Waals surface area (Å²) in [6, 6.07) is 4.31.